The van der Waals surface area contributed by atoms with Crippen molar-refractivity contribution in [3.63, 3.8) is 0 Å². The molecule has 1 amide bonds. The first-order valence-corrected chi connectivity index (χ1v) is 10.2. The number of nitrogens with one attached hydrogen (secondary N) is 2. The molecule has 152 valence electrons. The molecule has 2 aromatic rings. The van der Waals surface area contributed by atoms with Crippen LogP contribution in [0.4, 0.5) is 5.69 Å². The summed E-state index contributed by atoms with van der Waals surface area (Å²) in [6.45, 7) is 10.2. The topological polar surface area (TPSA) is 78.4 Å². The number of carbonyl (C=O) groups excluding carboxylic acids is 1. The molecule has 0 saturated heterocycles. The fourth-order valence-corrected chi connectivity index (χ4v) is 2.89. The van der Waals surface area contributed by atoms with E-state index in [9.17, 15) is 14.7 Å². The lowest BCUT2D eigenvalue weighted by atomic mass is 9.98. The van der Waals surface area contributed by atoms with Crippen molar-refractivity contribution in [1.29, 1.82) is 0 Å². The quantitative estimate of drug-likeness (QED) is 0.449. The van der Waals surface area contributed by atoms with Gasteiger partial charge >= 0.3 is 5.97 Å². The monoisotopic (exact) mass is 402 g/mol. The Labute approximate surface area is 172 Å². The predicted octanol–water partition coefficient (Wildman–Crippen LogP) is 4.99. The van der Waals surface area contributed by atoms with Gasteiger partial charge in [0, 0.05) is 16.1 Å². The normalized spacial score (nSPS) is 11.8. The molecule has 0 aliphatic heterocycles. The number of carboxylic acids is 1. The van der Waals surface area contributed by atoms with Gasteiger partial charge in [-0.05, 0) is 69.0 Å². The molecule has 3 N–H and O–H groups in total. The van der Waals surface area contributed by atoms with Gasteiger partial charge in [-0.25, -0.2) is 0 Å². The van der Waals surface area contributed by atoms with Gasteiger partial charge < -0.3 is 10.4 Å². The molecular formula is C22H30N2O3S. The third kappa shape index (κ3) is 8.59. The van der Waals surface area contributed by atoms with Crippen molar-refractivity contribution < 1.29 is 14.7 Å². The lowest BCUT2D eigenvalue weighted by Crippen LogP contribution is -2.31. The number of amides is 1. The van der Waals surface area contributed by atoms with Gasteiger partial charge in [0.05, 0.1) is 0 Å². The second-order valence-electron chi connectivity index (χ2n) is 7.05. The number of hydrogen-bond donors (Lipinski definition) is 3. The molecule has 0 spiro atoms. The molecule has 0 saturated carbocycles. The van der Waals surface area contributed by atoms with Crippen molar-refractivity contribution in [2.24, 2.45) is 5.92 Å². The molecular weight excluding hydrogens is 372 g/mol. The van der Waals surface area contributed by atoms with Crippen molar-refractivity contribution >= 4 is 29.5 Å². The maximum atomic E-state index is 12.4. The Morgan fingerprint density at radius 3 is 2.07 bits per heavy atom. The van der Waals surface area contributed by atoms with Gasteiger partial charge in [-0.3, -0.25) is 14.3 Å². The molecule has 0 heterocycles. The second-order valence-corrected chi connectivity index (χ2v) is 7.93. The highest BCUT2D eigenvalue weighted by Gasteiger charge is 2.26. The zero-order valence-corrected chi connectivity index (χ0v) is 18.0. The molecule has 6 heteroatoms. The third-order valence-electron chi connectivity index (χ3n) is 3.49. The molecule has 0 fully saturated rings. The first-order chi connectivity index (χ1) is 13.2. The average Bonchev–Trinajstić information content (AvgIpc) is 2.67. The van der Waals surface area contributed by atoms with E-state index in [0.717, 1.165) is 10.5 Å². The highest BCUT2D eigenvalue weighted by atomic mass is 32.2. The van der Waals surface area contributed by atoms with Gasteiger partial charge in [0.15, 0.2) is 0 Å². The van der Waals surface area contributed by atoms with Crippen LogP contribution in [0.5, 0.6) is 0 Å². The summed E-state index contributed by atoms with van der Waals surface area (Å²) >= 11 is 1.51. The summed E-state index contributed by atoms with van der Waals surface area (Å²) in [5, 5.41) is 12.1. The van der Waals surface area contributed by atoms with Crippen LogP contribution in [0.25, 0.3) is 0 Å². The van der Waals surface area contributed by atoms with Crippen LogP contribution in [0, 0.1) is 5.92 Å². The molecule has 5 nitrogen and oxygen atoms in total. The maximum absolute atomic E-state index is 12.4. The van der Waals surface area contributed by atoms with E-state index in [-0.39, 0.29) is 12.0 Å². The molecule has 0 aliphatic rings. The molecule has 0 radical (unpaired) electrons. The molecule has 0 bridgehead atoms. The van der Waals surface area contributed by atoms with Gasteiger partial charge in [-0.2, -0.15) is 0 Å². The Morgan fingerprint density at radius 1 is 1.00 bits per heavy atom. The number of benzene rings is 2. The fourth-order valence-electron chi connectivity index (χ4n) is 2.19. The number of aliphatic carboxylic acids is 1. The summed E-state index contributed by atoms with van der Waals surface area (Å²) in [6.07, 6.45) is 0.158. The van der Waals surface area contributed by atoms with E-state index in [0.29, 0.717) is 5.69 Å². The van der Waals surface area contributed by atoms with Crippen molar-refractivity contribution in [3.8, 4) is 0 Å². The standard InChI is InChI=1S/C20H24N2O3S.C2H6/c1-20(2,3)22-26-16-11-9-15(10-12-16)21-18(23)17(19(24)25)13-14-7-5-4-6-8-14;1-2/h4-12,17,22H,13H2,1-3H3,(H,21,23)(H,24,25);1-2H3. The predicted molar refractivity (Wildman–Crippen MR) is 116 cm³/mol. The minimum atomic E-state index is -1.13. The summed E-state index contributed by atoms with van der Waals surface area (Å²) < 4.78 is 3.31. The van der Waals surface area contributed by atoms with Gasteiger partial charge in [0.25, 0.3) is 0 Å². The minimum Gasteiger partial charge on any atom is -0.481 e. The van der Waals surface area contributed by atoms with Gasteiger partial charge in [-0.15, -0.1) is 0 Å². The zero-order valence-electron chi connectivity index (χ0n) is 17.2. The molecule has 2 aromatic carbocycles. The zero-order chi connectivity index (χ0) is 21.2. The Hall–Kier alpha value is -2.31. The Bertz CT molecular complexity index is 741. The number of carboxylic acid groups (broad SMARTS) is 1. The summed E-state index contributed by atoms with van der Waals surface area (Å²) in [7, 11) is 0. The molecule has 28 heavy (non-hydrogen) atoms. The largest absolute Gasteiger partial charge is 0.481 e. The molecule has 1 atom stereocenters. The smallest absolute Gasteiger partial charge is 0.316 e. The lowest BCUT2D eigenvalue weighted by molar-refractivity contribution is -0.145. The van der Waals surface area contributed by atoms with Crippen LogP contribution in [-0.2, 0) is 16.0 Å². The highest BCUT2D eigenvalue weighted by Crippen LogP contribution is 2.21. The third-order valence-corrected chi connectivity index (χ3v) is 4.72. The molecule has 0 aromatic heterocycles. The van der Waals surface area contributed by atoms with Crippen LogP contribution in [0.3, 0.4) is 0 Å². The Balaban J connectivity index is 0.00000190. The van der Waals surface area contributed by atoms with Crippen LogP contribution < -0.4 is 10.0 Å². The van der Waals surface area contributed by atoms with E-state index in [1.165, 1.54) is 11.9 Å². The van der Waals surface area contributed by atoms with Crippen molar-refractivity contribution in [3.05, 3.63) is 60.2 Å². The maximum Gasteiger partial charge on any atom is 0.316 e. The van der Waals surface area contributed by atoms with Gasteiger partial charge in [0.2, 0.25) is 5.91 Å². The number of carbonyl (C=O) groups is 2. The lowest BCUT2D eigenvalue weighted by Gasteiger charge is -2.19. The van der Waals surface area contributed by atoms with Crippen LogP contribution in [-0.4, -0.2) is 22.5 Å². The molecule has 0 aliphatic carbocycles. The Kier molecular flexibility index (Phi) is 9.76. The SMILES string of the molecule is CC.CC(C)(C)NSc1ccc(NC(=O)C(Cc2ccccc2)C(=O)O)cc1. The summed E-state index contributed by atoms with van der Waals surface area (Å²) in [6, 6.07) is 16.4. The van der Waals surface area contributed by atoms with Crippen LogP contribution >= 0.6 is 11.9 Å². The summed E-state index contributed by atoms with van der Waals surface area (Å²) in [4.78, 5) is 24.9. The highest BCUT2D eigenvalue weighted by molar-refractivity contribution is 7.97. The summed E-state index contributed by atoms with van der Waals surface area (Å²) in [5.41, 5.74) is 1.38. The fraction of sp³-hybridized carbons (Fsp3) is 0.364. The van der Waals surface area contributed by atoms with E-state index in [2.05, 4.69) is 30.8 Å². The first-order valence-electron chi connectivity index (χ1n) is 9.36. The van der Waals surface area contributed by atoms with Crippen LogP contribution in [0.1, 0.15) is 40.2 Å². The van der Waals surface area contributed by atoms with Crippen LogP contribution in [0.15, 0.2) is 59.5 Å². The van der Waals surface area contributed by atoms with Crippen LogP contribution in [0.2, 0.25) is 0 Å². The van der Waals surface area contributed by atoms with Crippen molar-refractivity contribution in [1.82, 2.24) is 4.72 Å². The first kappa shape index (κ1) is 23.7. The number of rotatable bonds is 7. The molecule has 2 rings (SSSR count). The van der Waals surface area contributed by atoms with E-state index < -0.39 is 17.8 Å². The second kappa shape index (κ2) is 11.5. The average molecular weight is 403 g/mol. The number of anilines is 1. The number of hydrogen-bond acceptors (Lipinski definition) is 4. The van der Waals surface area contributed by atoms with E-state index in [4.69, 9.17) is 0 Å². The van der Waals surface area contributed by atoms with Crippen molar-refractivity contribution in [2.75, 3.05) is 5.32 Å². The van der Waals surface area contributed by atoms with Crippen molar-refractivity contribution in [2.45, 2.75) is 51.5 Å². The molecule has 1 unspecified atom stereocenters. The van der Waals surface area contributed by atoms with E-state index in [1.54, 1.807) is 12.1 Å². The minimum absolute atomic E-state index is 0.0102. The van der Waals surface area contributed by atoms with Gasteiger partial charge in [-0.1, -0.05) is 44.2 Å². The van der Waals surface area contributed by atoms with E-state index >= 15 is 0 Å². The van der Waals surface area contributed by atoms with E-state index in [1.807, 2.05) is 56.3 Å². The summed E-state index contributed by atoms with van der Waals surface area (Å²) in [5.74, 6) is -2.78. The Morgan fingerprint density at radius 2 is 1.57 bits per heavy atom. The van der Waals surface area contributed by atoms with Gasteiger partial charge in [0.1, 0.15) is 5.92 Å².